The fraction of sp³-hybridized carbons (Fsp3) is 0.133. The SMILES string of the molecule is Cc1cc(C(N)c2cccc3ccncc23)sc1Br. The number of halogens is 1. The highest BCUT2D eigenvalue weighted by Crippen LogP contribution is 2.35. The van der Waals surface area contributed by atoms with Gasteiger partial charge in [0, 0.05) is 22.7 Å². The van der Waals surface area contributed by atoms with Gasteiger partial charge in [0.15, 0.2) is 0 Å². The molecular weight excluding hydrogens is 320 g/mol. The number of thiophene rings is 1. The van der Waals surface area contributed by atoms with Gasteiger partial charge in [-0.1, -0.05) is 18.2 Å². The molecule has 1 unspecified atom stereocenters. The second-order valence-corrected chi connectivity index (χ2v) is 6.93. The standard InChI is InChI=1S/C15H13BrN2S/c1-9-7-13(19-15(9)16)14(17)11-4-2-3-10-5-6-18-8-12(10)11/h2-8,14H,17H2,1H3. The van der Waals surface area contributed by atoms with Crippen molar-refractivity contribution in [2.75, 3.05) is 0 Å². The van der Waals surface area contributed by atoms with Crippen LogP contribution in [0.15, 0.2) is 46.5 Å². The summed E-state index contributed by atoms with van der Waals surface area (Å²) in [5.74, 6) is 0. The van der Waals surface area contributed by atoms with Gasteiger partial charge in [-0.15, -0.1) is 11.3 Å². The number of aromatic nitrogens is 1. The van der Waals surface area contributed by atoms with Crippen LogP contribution in [-0.2, 0) is 0 Å². The zero-order valence-electron chi connectivity index (χ0n) is 10.4. The van der Waals surface area contributed by atoms with Crippen molar-refractivity contribution in [3.8, 4) is 0 Å². The Bertz CT molecular complexity index is 711. The van der Waals surface area contributed by atoms with Gasteiger partial charge in [0.25, 0.3) is 0 Å². The summed E-state index contributed by atoms with van der Waals surface area (Å²) in [4.78, 5) is 5.38. The van der Waals surface area contributed by atoms with E-state index in [1.165, 1.54) is 15.8 Å². The van der Waals surface area contributed by atoms with Crippen molar-refractivity contribution < 1.29 is 0 Å². The van der Waals surface area contributed by atoms with Gasteiger partial charge in [-0.2, -0.15) is 0 Å². The lowest BCUT2D eigenvalue weighted by Gasteiger charge is -2.12. The summed E-state index contributed by atoms with van der Waals surface area (Å²) >= 11 is 5.25. The van der Waals surface area contributed by atoms with Crippen LogP contribution < -0.4 is 5.73 Å². The van der Waals surface area contributed by atoms with E-state index in [9.17, 15) is 0 Å². The fourth-order valence-corrected chi connectivity index (χ4v) is 3.79. The smallest absolute Gasteiger partial charge is 0.0731 e. The van der Waals surface area contributed by atoms with Crippen LogP contribution in [0.25, 0.3) is 10.8 Å². The van der Waals surface area contributed by atoms with E-state index in [4.69, 9.17) is 5.73 Å². The molecule has 19 heavy (non-hydrogen) atoms. The molecule has 96 valence electrons. The van der Waals surface area contributed by atoms with Crippen LogP contribution in [0.4, 0.5) is 0 Å². The van der Waals surface area contributed by atoms with E-state index in [1.54, 1.807) is 11.3 Å². The van der Waals surface area contributed by atoms with Gasteiger partial charge in [-0.05, 0) is 51.5 Å². The summed E-state index contributed by atoms with van der Waals surface area (Å²) in [7, 11) is 0. The Labute approximate surface area is 124 Å². The van der Waals surface area contributed by atoms with Crippen molar-refractivity contribution in [2.24, 2.45) is 5.73 Å². The third kappa shape index (κ3) is 2.31. The van der Waals surface area contributed by atoms with Crippen LogP contribution in [0.2, 0.25) is 0 Å². The number of fused-ring (bicyclic) bond motifs is 1. The summed E-state index contributed by atoms with van der Waals surface area (Å²) in [6, 6.07) is 10.3. The van der Waals surface area contributed by atoms with Crippen molar-refractivity contribution in [2.45, 2.75) is 13.0 Å². The van der Waals surface area contributed by atoms with Crippen LogP contribution in [0.3, 0.4) is 0 Å². The Kier molecular flexibility index (Phi) is 3.39. The lowest BCUT2D eigenvalue weighted by molar-refractivity contribution is 0.902. The molecule has 3 rings (SSSR count). The maximum absolute atomic E-state index is 6.43. The average molecular weight is 333 g/mol. The van der Waals surface area contributed by atoms with Gasteiger partial charge in [0.1, 0.15) is 0 Å². The third-order valence-corrected chi connectivity index (χ3v) is 5.45. The van der Waals surface area contributed by atoms with Crippen LogP contribution in [0.1, 0.15) is 22.0 Å². The van der Waals surface area contributed by atoms with Crippen LogP contribution in [0.5, 0.6) is 0 Å². The molecule has 4 heteroatoms. The lowest BCUT2D eigenvalue weighted by Crippen LogP contribution is -2.10. The highest BCUT2D eigenvalue weighted by molar-refractivity contribution is 9.11. The highest BCUT2D eigenvalue weighted by Gasteiger charge is 2.15. The van der Waals surface area contributed by atoms with E-state index in [-0.39, 0.29) is 6.04 Å². The van der Waals surface area contributed by atoms with E-state index in [0.717, 1.165) is 14.7 Å². The van der Waals surface area contributed by atoms with Gasteiger partial charge in [-0.25, -0.2) is 0 Å². The Hall–Kier alpha value is -1.23. The van der Waals surface area contributed by atoms with E-state index in [0.29, 0.717) is 0 Å². The van der Waals surface area contributed by atoms with Gasteiger partial charge in [-0.3, -0.25) is 4.98 Å². The first-order valence-electron chi connectivity index (χ1n) is 6.01. The molecule has 0 aliphatic heterocycles. The van der Waals surface area contributed by atoms with Crippen molar-refractivity contribution in [3.05, 3.63) is 62.5 Å². The van der Waals surface area contributed by atoms with E-state index in [1.807, 2.05) is 24.5 Å². The van der Waals surface area contributed by atoms with Crippen LogP contribution in [0, 0.1) is 6.92 Å². The quantitative estimate of drug-likeness (QED) is 0.754. The highest BCUT2D eigenvalue weighted by atomic mass is 79.9. The molecule has 0 fully saturated rings. The van der Waals surface area contributed by atoms with Crippen LogP contribution in [-0.4, -0.2) is 4.98 Å². The maximum Gasteiger partial charge on any atom is 0.0731 e. The minimum Gasteiger partial charge on any atom is -0.320 e. The molecule has 1 aromatic carbocycles. The average Bonchev–Trinajstić information content (AvgIpc) is 2.77. The molecule has 0 aliphatic rings. The van der Waals surface area contributed by atoms with Crippen molar-refractivity contribution >= 4 is 38.0 Å². The molecule has 0 bridgehead atoms. The normalized spacial score (nSPS) is 12.8. The van der Waals surface area contributed by atoms with Gasteiger partial charge >= 0.3 is 0 Å². The first kappa shape index (κ1) is 12.8. The Morgan fingerprint density at radius 1 is 1.32 bits per heavy atom. The molecule has 0 aliphatic carbocycles. The second kappa shape index (κ2) is 5.04. The number of nitrogens with two attached hydrogens (primary N) is 1. The molecule has 0 radical (unpaired) electrons. The van der Waals surface area contributed by atoms with Crippen molar-refractivity contribution in [1.29, 1.82) is 0 Å². The molecular formula is C15H13BrN2S. The molecule has 2 aromatic heterocycles. The van der Waals surface area contributed by atoms with E-state index in [2.05, 4.69) is 46.0 Å². The minimum atomic E-state index is -0.108. The zero-order chi connectivity index (χ0) is 13.4. The Morgan fingerprint density at radius 2 is 2.16 bits per heavy atom. The molecule has 0 saturated carbocycles. The fourth-order valence-electron chi connectivity index (χ4n) is 2.20. The monoisotopic (exact) mass is 332 g/mol. The number of nitrogens with zero attached hydrogens (tertiary/aromatic N) is 1. The Balaban J connectivity index is 2.13. The topological polar surface area (TPSA) is 38.9 Å². The number of aryl methyl sites for hydroxylation is 1. The molecule has 0 spiro atoms. The molecule has 1 atom stereocenters. The first-order valence-corrected chi connectivity index (χ1v) is 7.62. The van der Waals surface area contributed by atoms with Crippen molar-refractivity contribution in [1.82, 2.24) is 4.98 Å². The summed E-state index contributed by atoms with van der Waals surface area (Å²) in [5.41, 5.74) is 8.78. The zero-order valence-corrected chi connectivity index (χ0v) is 12.8. The molecule has 2 N–H and O–H groups in total. The summed E-state index contributed by atoms with van der Waals surface area (Å²) < 4.78 is 1.15. The van der Waals surface area contributed by atoms with Gasteiger partial charge in [0.2, 0.25) is 0 Å². The molecule has 2 heterocycles. The summed E-state index contributed by atoms with van der Waals surface area (Å²) in [6.45, 7) is 2.08. The summed E-state index contributed by atoms with van der Waals surface area (Å²) in [5, 5.41) is 2.30. The number of hydrogen-bond donors (Lipinski definition) is 1. The predicted molar refractivity (Wildman–Crippen MR) is 84.5 cm³/mol. The third-order valence-electron chi connectivity index (χ3n) is 3.24. The van der Waals surface area contributed by atoms with E-state index < -0.39 is 0 Å². The Morgan fingerprint density at radius 3 is 2.89 bits per heavy atom. The number of benzene rings is 1. The predicted octanol–water partition coefficient (Wildman–Crippen LogP) is 4.42. The lowest BCUT2D eigenvalue weighted by atomic mass is 10.00. The van der Waals surface area contributed by atoms with Gasteiger partial charge in [0.05, 0.1) is 9.83 Å². The molecule has 0 amide bonds. The van der Waals surface area contributed by atoms with E-state index >= 15 is 0 Å². The maximum atomic E-state index is 6.43. The number of rotatable bonds is 2. The molecule has 2 nitrogen and oxygen atoms in total. The summed E-state index contributed by atoms with van der Waals surface area (Å²) in [6.07, 6.45) is 3.70. The number of pyridine rings is 1. The second-order valence-electron chi connectivity index (χ2n) is 4.53. The molecule has 0 saturated heterocycles. The minimum absolute atomic E-state index is 0.108. The largest absolute Gasteiger partial charge is 0.320 e. The van der Waals surface area contributed by atoms with Gasteiger partial charge < -0.3 is 5.73 Å². The first-order chi connectivity index (χ1) is 9.16. The molecule has 3 aromatic rings. The van der Waals surface area contributed by atoms with Crippen molar-refractivity contribution in [3.63, 3.8) is 0 Å². The number of hydrogen-bond acceptors (Lipinski definition) is 3. The van der Waals surface area contributed by atoms with Crippen LogP contribution >= 0.6 is 27.3 Å².